The van der Waals surface area contributed by atoms with Gasteiger partial charge in [0.1, 0.15) is 5.69 Å². The predicted molar refractivity (Wildman–Crippen MR) is 109 cm³/mol. The van der Waals surface area contributed by atoms with Gasteiger partial charge in [0.15, 0.2) is 5.82 Å². The van der Waals surface area contributed by atoms with Gasteiger partial charge in [-0.2, -0.15) is 4.98 Å². The summed E-state index contributed by atoms with van der Waals surface area (Å²) in [6.07, 6.45) is 13.9. The van der Waals surface area contributed by atoms with Gasteiger partial charge in [-0.15, -0.1) is 0 Å². The standard InChI is InChI=1S/C22H32N4O3/c1-21(2,3)22(9-5-4-6-10-22)11-7-8-16(14-18(27)28)19-25-20(29-26-19)17-15-23-12-13-24-17/h12-13,15-16H,4-11,14H2,1-3H3,(H,27,28). The van der Waals surface area contributed by atoms with Crippen molar-refractivity contribution in [2.75, 3.05) is 0 Å². The van der Waals surface area contributed by atoms with Crippen LogP contribution in [0.2, 0.25) is 0 Å². The van der Waals surface area contributed by atoms with E-state index in [4.69, 9.17) is 4.52 Å². The van der Waals surface area contributed by atoms with Crippen molar-refractivity contribution in [2.45, 2.75) is 84.5 Å². The Kier molecular flexibility index (Phi) is 6.65. The Morgan fingerprint density at radius 1 is 1.24 bits per heavy atom. The van der Waals surface area contributed by atoms with Crippen LogP contribution < -0.4 is 0 Å². The van der Waals surface area contributed by atoms with E-state index in [0.717, 1.165) is 19.3 Å². The molecular formula is C22H32N4O3. The molecule has 0 amide bonds. The highest BCUT2D eigenvalue weighted by molar-refractivity contribution is 5.67. The van der Waals surface area contributed by atoms with Crippen molar-refractivity contribution in [2.24, 2.45) is 10.8 Å². The highest BCUT2D eigenvalue weighted by Crippen LogP contribution is 2.53. The molecule has 1 aliphatic rings. The molecule has 0 spiro atoms. The Bertz CT molecular complexity index is 792. The summed E-state index contributed by atoms with van der Waals surface area (Å²) in [6, 6.07) is 0. The molecule has 2 aromatic heterocycles. The molecule has 0 aliphatic heterocycles. The first-order chi connectivity index (χ1) is 13.8. The molecule has 1 N–H and O–H groups in total. The summed E-state index contributed by atoms with van der Waals surface area (Å²) in [7, 11) is 0. The van der Waals surface area contributed by atoms with Crippen LogP contribution in [0, 0.1) is 10.8 Å². The molecule has 1 saturated carbocycles. The Hall–Kier alpha value is -2.31. The number of rotatable bonds is 8. The molecule has 0 saturated heterocycles. The number of carbonyl (C=O) groups is 1. The van der Waals surface area contributed by atoms with E-state index in [1.54, 1.807) is 18.6 Å². The van der Waals surface area contributed by atoms with Crippen LogP contribution in [-0.2, 0) is 4.79 Å². The van der Waals surface area contributed by atoms with Crippen molar-refractivity contribution in [1.29, 1.82) is 0 Å². The second-order valence-corrected chi connectivity index (χ2v) is 9.33. The summed E-state index contributed by atoms with van der Waals surface area (Å²) in [6.45, 7) is 7.04. The topological polar surface area (TPSA) is 102 Å². The summed E-state index contributed by atoms with van der Waals surface area (Å²) in [5.74, 6) is -0.380. The molecule has 7 heteroatoms. The zero-order valence-corrected chi connectivity index (χ0v) is 17.7. The molecule has 2 aromatic rings. The van der Waals surface area contributed by atoms with Gasteiger partial charge in [0.05, 0.1) is 12.6 Å². The largest absolute Gasteiger partial charge is 0.481 e. The first-order valence-corrected chi connectivity index (χ1v) is 10.6. The van der Waals surface area contributed by atoms with Gasteiger partial charge in [0, 0.05) is 18.3 Å². The predicted octanol–water partition coefficient (Wildman–Crippen LogP) is 5.25. The maximum atomic E-state index is 11.4. The van der Waals surface area contributed by atoms with Crippen molar-refractivity contribution in [3.8, 4) is 11.6 Å². The van der Waals surface area contributed by atoms with Crippen LogP contribution in [0.3, 0.4) is 0 Å². The molecule has 2 heterocycles. The van der Waals surface area contributed by atoms with Gasteiger partial charge in [-0.05, 0) is 36.5 Å². The third-order valence-electron chi connectivity index (χ3n) is 6.62. The molecule has 1 aliphatic carbocycles. The number of hydrogen-bond acceptors (Lipinski definition) is 6. The highest BCUT2D eigenvalue weighted by atomic mass is 16.5. The van der Waals surface area contributed by atoms with E-state index in [2.05, 4.69) is 40.9 Å². The SMILES string of the molecule is CC(C)(C)C1(CCCC(CC(=O)O)c2noc(-c3cnccn3)n2)CCCCC1. The van der Waals surface area contributed by atoms with E-state index in [1.165, 1.54) is 32.1 Å². The van der Waals surface area contributed by atoms with Crippen LogP contribution in [0.15, 0.2) is 23.1 Å². The molecule has 0 aromatic carbocycles. The van der Waals surface area contributed by atoms with Crippen LogP contribution in [0.1, 0.15) is 90.3 Å². The van der Waals surface area contributed by atoms with Crippen molar-refractivity contribution >= 4 is 5.97 Å². The molecule has 0 bridgehead atoms. The van der Waals surface area contributed by atoms with E-state index in [-0.39, 0.29) is 23.6 Å². The average Bonchev–Trinajstić information content (AvgIpc) is 3.18. The Labute approximate surface area is 172 Å². The number of carboxylic acid groups (broad SMARTS) is 1. The fourth-order valence-electron chi connectivity index (χ4n) is 4.74. The summed E-state index contributed by atoms with van der Waals surface area (Å²) in [4.78, 5) is 24.0. The minimum atomic E-state index is -0.843. The van der Waals surface area contributed by atoms with Gasteiger partial charge in [-0.1, -0.05) is 51.6 Å². The summed E-state index contributed by atoms with van der Waals surface area (Å²) in [5, 5.41) is 13.4. The number of hydrogen-bond donors (Lipinski definition) is 1. The smallest absolute Gasteiger partial charge is 0.304 e. The summed E-state index contributed by atoms with van der Waals surface area (Å²) >= 11 is 0. The minimum absolute atomic E-state index is 0.00194. The quantitative estimate of drug-likeness (QED) is 0.645. The summed E-state index contributed by atoms with van der Waals surface area (Å²) < 4.78 is 5.33. The van der Waals surface area contributed by atoms with E-state index >= 15 is 0 Å². The van der Waals surface area contributed by atoms with Gasteiger partial charge in [-0.25, -0.2) is 4.98 Å². The van der Waals surface area contributed by atoms with E-state index in [1.807, 2.05) is 0 Å². The zero-order valence-electron chi connectivity index (χ0n) is 17.7. The molecule has 3 rings (SSSR count). The Morgan fingerprint density at radius 2 is 2.00 bits per heavy atom. The minimum Gasteiger partial charge on any atom is -0.481 e. The van der Waals surface area contributed by atoms with Crippen LogP contribution in [0.25, 0.3) is 11.6 Å². The van der Waals surface area contributed by atoms with E-state index in [9.17, 15) is 9.90 Å². The van der Waals surface area contributed by atoms with Crippen LogP contribution >= 0.6 is 0 Å². The molecular weight excluding hydrogens is 368 g/mol. The normalized spacial score (nSPS) is 17.8. The third kappa shape index (κ3) is 5.19. The number of aromatic nitrogens is 4. The van der Waals surface area contributed by atoms with Crippen LogP contribution in [0.5, 0.6) is 0 Å². The lowest BCUT2D eigenvalue weighted by molar-refractivity contribution is -0.137. The molecule has 7 nitrogen and oxygen atoms in total. The van der Waals surface area contributed by atoms with Crippen molar-refractivity contribution < 1.29 is 14.4 Å². The first kappa shape index (κ1) is 21.4. The van der Waals surface area contributed by atoms with E-state index in [0.29, 0.717) is 16.9 Å². The molecule has 0 radical (unpaired) electrons. The highest BCUT2D eigenvalue weighted by Gasteiger charge is 2.41. The fourth-order valence-corrected chi connectivity index (χ4v) is 4.74. The van der Waals surface area contributed by atoms with Crippen molar-refractivity contribution in [3.63, 3.8) is 0 Å². The third-order valence-corrected chi connectivity index (χ3v) is 6.62. The molecule has 1 unspecified atom stereocenters. The fraction of sp³-hybridized carbons (Fsp3) is 0.682. The number of carboxylic acids is 1. The molecule has 1 fully saturated rings. The number of nitrogens with zero attached hydrogens (tertiary/aromatic N) is 4. The lowest BCUT2D eigenvalue weighted by Gasteiger charge is -2.48. The molecule has 1 atom stereocenters. The van der Waals surface area contributed by atoms with Crippen molar-refractivity contribution in [3.05, 3.63) is 24.4 Å². The Morgan fingerprint density at radius 3 is 2.62 bits per heavy atom. The van der Waals surface area contributed by atoms with E-state index < -0.39 is 5.97 Å². The van der Waals surface area contributed by atoms with Crippen LogP contribution in [-0.4, -0.2) is 31.2 Å². The lowest BCUT2D eigenvalue weighted by Crippen LogP contribution is -2.37. The first-order valence-electron chi connectivity index (χ1n) is 10.6. The monoisotopic (exact) mass is 400 g/mol. The van der Waals surface area contributed by atoms with Crippen LogP contribution in [0.4, 0.5) is 0 Å². The lowest BCUT2D eigenvalue weighted by atomic mass is 9.57. The van der Waals surface area contributed by atoms with Gasteiger partial charge < -0.3 is 9.63 Å². The van der Waals surface area contributed by atoms with Crippen molar-refractivity contribution in [1.82, 2.24) is 20.1 Å². The van der Waals surface area contributed by atoms with Gasteiger partial charge in [0.25, 0.3) is 5.89 Å². The molecule has 158 valence electrons. The number of aliphatic carboxylic acids is 1. The molecule has 29 heavy (non-hydrogen) atoms. The average molecular weight is 401 g/mol. The second-order valence-electron chi connectivity index (χ2n) is 9.33. The maximum absolute atomic E-state index is 11.4. The zero-order chi connectivity index (χ0) is 20.9. The maximum Gasteiger partial charge on any atom is 0.304 e. The Balaban J connectivity index is 1.70. The second kappa shape index (κ2) is 9.01. The van der Waals surface area contributed by atoms with Gasteiger partial charge >= 0.3 is 5.97 Å². The van der Waals surface area contributed by atoms with Gasteiger partial charge in [-0.3, -0.25) is 9.78 Å². The van der Waals surface area contributed by atoms with Gasteiger partial charge in [0.2, 0.25) is 0 Å². The summed E-state index contributed by atoms with van der Waals surface area (Å²) in [5.41, 5.74) is 1.08.